The standard InChI is InChI=1S/C9H12O2.2CH4/c10-6-7-11-8-9-4-2-1-3-5-9;;/h1-5,10H,6-8H2;2*1H4. The van der Waals surface area contributed by atoms with E-state index in [2.05, 4.69) is 0 Å². The molecule has 1 rings (SSSR count). The maximum atomic E-state index is 8.42. The maximum absolute atomic E-state index is 8.42. The van der Waals surface area contributed by atoms with E-state index in [0.29, 0.717) is 13.2 Å². The Balaban J connectivity index is 0. The van der Waals surface area contributed by atoms with E-state index in [9.17, 15) is 0 Å². The van der Waals surface area contributed by atoms with Crippen LogP contribution in [0.2, 0.25) is 0 Å². The molecule has 0 heterocycles. The number of aliphatic hydroxyl groups excluding tert-OH is 1. The molecule has 0 aromatic heterocycles. The van der Waals surface area contributed by atoms with Crippen LogP contribution in [0, 0.1) is 0 Å². The Bertz CT molecular complexity index is 185. The van der Waals surface area contributed by atoms with Crippen LogP contribution < -0.4 is 0 Å². The zero-order chi connectivity index (χ0) is 7.94. The van der Waals surface area contributed by atoms with Gasteiger partial charge in [0, 0.05) is 0 Å². The summed E-state index contributed by atoms with van der Waals surface area (Å²) < 4.78 is 5.12. The van der Waals surface area contributed by atoms with Gasteiger partial charge in [-0.15, -0.1) is 0 Å². The molecule has 2 nitrogen and oxygen atoms in total. The van der Waals surface area contributed by atoms with Gasteiger partial charge >= 0.3 is 0 Å². The second-order valence-corrected chi connectivity index (χ2v) is 2.26. The summed E-state index contributed by atoms with van der Waals surface area (Å²) in [5, 5.41) is 8.42. The van der Waals surface area contributed by atoms with Crippen molar-refractivity contribution < 1.29 is 9.84 Å². The Kier molecular flexibility index (Phi) is 10.4. The van der Waals surface area contributed by atoms with Gasteiger partial charge in [-0.1, -0.05) is 45.2 Å². The lowest BCUT2D eigenvalue weighted by molar-refractivity contribution is 0.0815. The topological polar surface area (TPSA) is 29.5 Å². The van der Waals surface area contributed by atoms with Gasteiger partial charge in [0.25, 0.3) is 0 Å². The minimum atomic E-state index is 0. The summed E-state index contributed by atoms with van der Waals surface area (Å²) in [5.74, 6) is 0. The van der Waals surface area contributed by atoms with E-state index in [-0.39, 0.29) is 21.5 Å². The molecule has 13 heavy (non-hydrogen) atoms. The summed E-state index contributed by atoms with van der Waals surface area (Å²) in [6, 6.07) is 9.90. The molecule has 1 N–H and O–H groups in total. The summed E-state index contributed by atoms with van der Waals surface area (Å²) in [7, 11) is 0. The van der Waals surface area contributed by atoms with Crippen molar-refractivity contribution in [3.63, 3.8) is 0 Å². The Labute approximate surface area is 81.2 Å². The van der Waals surface area contributed by atoms with E-state index in [1.165, 1.54) is 0 Å². The zero-order valence-electron chi connectivity index (χ0n) is 6.36. The average molecular weight is 184 g/mol. The molecule has 2 heteroatoms. The van der Waals surface area contributed by atoms with Crippen molar-refractivity contribution >= 4 is 0 Å². The molecule has 0 saturated carbocycles. The Hall–Kier alpha value is -0.860. The van der Waals surface area contributed by atoms with Crippen LogP contribution in [0.5, 0.6) is 0 Å². The Morgan fingerprint density at radius 2 is 1.69 bits per heavy atom. The molecule has 0 radical (unpaired) electrons. The first kappa shape index (κ1) is 14.7. The molecule has 1 aromatic rings. The monoisotopic (exact) mass is 184 g/mol. The molecule has 0 amide bonds. The fourth-order valence-corrected chi connectivity index (χ4v) is 0.829. The van der Waals surface area contributed by atoms with E-state index in [4.69, 9.17) is 9.84 Å². The highest BCUT2D eigenvalue weighted by atomic mass is 16.5. The molecule has 0 aliphatic rings. The van der Waals surface area contributed by atoms with Gasteiger partial charge in [-0.25, -0.2) is 0 Å². The molecule has 76 valence electrons. The smallest absolute Gasteiger partial charge is 0.0718 e. The van der Waals surface area contributed by atoms with Crippen molar-refractivity contribution in [2.45, 2.75) is 21.5 Å². The van der Waals surface area contributed by atoms with Crippen LogP contribution in [0.4, 0.5) is 0 Å². The molecular weight excluding hydrogens is 164 g/mol. The quantitative estimate of drug-likeness (QED) is 0.728. The lowest BCUT2D eigenvalue weighted by atomic mass is 10.2. The van der Waals surface area contributed by atoms with Gasteiger partial charge in [-0.2, -0.15) is 0 Å². The highest BCUT2D eigenvalue weighted by Crippen LogP contribution is 1.99. The van der Waals surface area contributed by atoms with Crippen LogP contribution >= 0.6 is 0 Å². The number of ether oxygens (including phenoxy) is 1. The minimum Gasteiger partial charge on any atom is -0.394 e. The Morgan fingerprint density at radius 1 is 1.08 bits per heavy atom. The van der Waals surface area contributed by atoms with Crippen molar-refractivity contribution in [2.24, 2.45) is 0 Å². The summed E-state index contributed by atoms with van der Waals surface area (Å²) in [6.45, 7) is 1.09. The average Bonchev–Trinajstić information content (AvgIpc) is 2.07. The van der Waals surface area contributed by atoms with Crippen LogP contribution in [0.1, 0.15) is 20.4 Å². The number of hydrogen-bond acceptors (Lipinski definition) is 2. The van der Waals surface area contributed by atoms with Crippen LogP contribution in [0.25, 0.3) is 0 Å². The van der Waals surface area contributed by atoms with Crippen LogP contribution in [0.15, 0.2) is 30.3 Å². The van der Waals surface area contributed by atoms with Gasteiger partial charge in [0.1, 0.15) is 0 Å². The summed E-state index contributed by atoms with van der Waals surface area (Å²) >= 11 is 0. The van der Waals surface area contributed by atoms with Gasteiger partial charge < -0.3 is 9.84 Å². The highest BCUT2D eigenvalue weighted by Gasteiger charge is 1.88. The van der Waals surface area contributed by atoms with Gasteiger partial charge in [0.15, 0.2) is 0 Å². The summed E-state index contributed by atoms with van der Waals surface area (Å²) in [4.78, 5) is 0. The second kappa shape index (κ2) is 9.23. The van der Waals surface area contributed by atoms with Crippen molar-refractivity contribution in [3.8, 4) is 0 Å². The van der Waals surface area contributed by atoms with Crippen LogP contribution in [0.3, 0.4) is 0 Å². The Morgan fingerprint density at radius 3 is 2.23 bits per heavy atom. The molecule has 0 bridgehead atoms. The van der Waals surface area contributed by atoms with Crippen LogP contribution in [-0.4, -0.2) is 18.3 Å². The first-order valence-electron chi connectivity index (χ1n) is 3.66. The minimum absolute atomic E-state index is 0. The summed E-state index contributed by atoms with van der Waals surface area (Å²) in [6.07, 6.45) is 0. The van der Waals surface area contributed by atoms with E-state index in [1.54, 1.807) is 0 Å². The maximum Gasteiger partial charge on any atom is 0.0718 e. The first-order valence-corrected chi connectivity index (χ1v) is 3.66. The SMILES string of the molecule is C.C.OCCOCc1ccccc1. The number of aliphatic hydroxyl groups is 1. The van der Waals surface area contributed by atoms with Crippen molar-refractivity contribution in [3.05, 3.63) is 35.9 Å². The fraction of sp³-hybridized carbons (Fsp3) is 0.455. The second-order valence-electron chi connectivity index (χ2n) is 2.26. The number of hydrogen-bond donors (Lipinski definition) is 1. The molecule has 0 spiro atoms. The lowest BCUT2D eigenvalue weighted by Crippen LogP contribution is -1.98. The largest absolute Gasteiger partial charge is 0.394 e. The van der Waals surface area contributed by atoms with E-state index >= 15 is 0 Å². The van der Waals surface area contributed by atoms with E-state index in [0.717, 1.165) is 5.56 Å². The first-order chi connectivity index (χ1) is 5.43. The molecule has 0 unspecified atom stereocenters. The molecular formula is C11H20O2. The van der Waals surface area contributed by atoms with Gasteiger partial charge in [0.2, 0.25) is 0 Å². The molecule has 0 aliphatic heterocycles. The molecule has 0 atom stereocenters. The predicted octanol–water partition coefficient (Wildman–Crippen LogP) is 2.47. The molecule has 0 fully saturated rings. The third-order valence-electron chi connectivity index (χ3n) is 1.35. The normalized spacial score (nSPS) is 8.38. The fourth-order valence-electron chi connectivity index (χ4n) is 0.829. The van der Waals surface area contributed by atoms with Gasteiger partial charge in [-0.3, -0.25) is 0 Å². The molecule has 0 aliphatic carbocycles. The predicted molar refractivity (Wildman–Crippen MR) is 56.6 cm³/mol. The molecule has 0 saturated heterocycles. The van der Waals surface area contributed by atoms with E-state index < -0.39 is 0 Å². The van der Waals surface area contributed by atoms with Crippen molar-refractivity contribution in [1.82, 2.24) is 0 Å². The summed E-state index contributed by atoms with van der Waals surface area (Å²) in [5.41, 5.74) is 1.14. The third kappa shape index (κ3) is 6.31. The lowest BCUT2D eigenvalue weighted by Gasteiger charge is -2.00. The van der Waals surface area contributed by atoms with Crippen LogP contribution in [-0.2, 0) is 11.3 Å². The molecule has 1 aromatic carbocycles. The highest BCUT2D eigenvalue weighted by molar-refractivity contribution is 5.13. The van der Waals surface area contributed by atoms with Crippen molar-refractivity contribution in [2.75, 3.05) is 13.2 Å². The van der Waals surface area contributed by atoms with Gasteiger partial charge in [0.05, 0.1) is 19.8 Å². The third-order valence-corrected chi connectivity index (χ3v) is 1.35. The van der Waals surface area contributed by atoms with E-state index in [1.807, 2.05) is 30.3 Å². The number of rotatable bonds is 4. The van der Waals surface area contributed by atoms with Crippen molar-refractivity contribution in [1.29, 1.82) is 0 Å². The zero-order valence-corrected chi connectivity index (χ0v) is 6.36. The van der Waals surface area contributed by atoms with Gasteiger partial charge in [-0.05, 0) is 5.56 Å². The number of benzene rings is 1.